The molecule has 4 rings (SSSR count). The average molecular weight is 435 g/mol. The van der Waals surface area contributed by atoms with Gasteiger partial charge >= 0.3 is 6.09 Å². The maximum Gasteiger partial charge on any atom is 0.407 e. The monoisotopic (exact) mass is 434 g/mol. The van der Waals surface area contributed by atoms with Gasteiger partial charge in [-0.15, -0.1) is 0 Å². The number of carboxylic acid groups (broad SMARTS) is 1. The zero-order valence-corrected chi connectivity index (χ0v) is 18.2. The van der Waals surface area contributed by atoms with Crippen LogP contribution < -0.4 is 5.56 Å². The van der Waals surface area contributed by atoms with Crippen molar-refractivity contribution < 1.29 is 15.0 Å². The van der Waals surface area contributed by atoms with Gasteiger partial charge in [-0.1, -0.05) is 11.6 Å². The van der Waals surface area contributed by atoms with E-state index in [1.54, 1.807) is 10.6 Å². The lowest BCUT2D eigenvalue weighted by Crippen LogP contribution is -2.55. The molecule has 4 heterocycles. The van der Waals surface area contributed by atoms with Gasteiger partial charge in [-0.3, -0.25) is 14.7 Å². The first-order chi connectivity index (χ1) is 14.0. The number of carbonyl (C=O) groups is 1. The molecule has 2 aliphatic heterocycles. The van der Waals surface area contributed by atoms with Crippen molar-refractivity contribution in [3.63, 3.8) is 0 Å². The quantitative estimate of drug-likeness (QED) is 0.770. The average Bonchev–Trinajstić information content (AvgIpc) is 2.95. The lowest BCUT2D eigenvalue weighted by molar-refractivity contribution is -0.0233. The summed E-state index contributed by atoms with van der Waals surface area (Å²) in [5.41, 5.74) is -0.181. The minimum absolute atomic E-state index is 0.0620. The van der Waals surface area contributed by atoms with Crippen LogP contribution in [0.5, 0.6) is 0 Å². The molecular weight excluding hydrogens is 408 g/mol. The lowest BCUT2D eigenvalue weighted by atomic mass is 9.92. The van der Waals surface area contributed by atoms with Crippen molar-refractivity contribution in [2.24, 2.45) is 0 Å². The Labute approximate surface area is 179 Å². The highest BCUT2D eigenvalue weighted by Crippen LogP contribution is 2.40. The third kappa shape index (κ3) is 3.46. The van der Waals surface area contributed by atoms with E-state index >= 15 is 0 Å². The fourth-order valence-electron chi connectivity index (χ4n) is 5.00. The Bertz CT molecular complexity index is 1060. The molecule has 0 saturated carbocycles. The van der Waals surface area contributed by atoms with Crippen LogP contribution in [0.1, 0.15) is 39.2 Å². The van der Waals surface area contributed by atoms with Crippen LogP contribution in [0.2, 0.25) is 5.02 Å². The van der Waals surface area contributed by atoms with E-state index in [0.29, 0.717) is 54.1 Å². The second-order valence-corrected chi connectivity index (χ2v) is 9.74. The number of aliphatic hydroxyl groups is 1. The summed E-state index contributed by atoms with van der Waals surface area (Å²) in [5, 5.41) is 21.6. The van der Waals surface area contributed by atoms with Gasteiger partial charge in [0.25, 0.3) is 5.56 Å². The molecule has 8 nitrogen and oxygen atoms in total. The lowest BCUT2D eigenvalue weighted by Gasteiger charge is -2.44. The first-order valence-electron chi connectivity index (χ1n) is 10.2. The third-order valence-electron chi connectivity index (χ3n) is 6.18. The summed E-state index contributed by atoms with van der Waals surface area (Å²) in [6.07, 6.45) is 1.99. The normalized spacial score (nSPS) is 22.6. The Hall–Kier alpha value is -2.16. The second kappa shape index (κ2) is 7.21. The zero-order chi connectivity index (χ0) is 21.8. The van der Waals surface area contributed by atoms with E-state index in [1.807, 2.05) is 20.8 Å². The highest BCUT2D eigenvalue weighted by molar-refractivity contribution is 6.32. The highest BCUT2D eigenvalue weighted by atomic mass is 35.5. The molecule has 0 bridgehead atoms. The summed E-state index contributed by atoms with van der Waals surface area (Å²) in [6.45, 7) is 7.48. The van der Waals surface area contributed by atoms with E-state index in [2.05, 4.69) is 9.88 Å². The molecular formula is C21H27ClN4O4. The van der Waals surface area contributed by atoms with Crippen molar-refractivity contribution in [2.75, 3.05) is 19.6 Å². The van der Waals surface area contributed by atoms with Gasteiger partial charge in [0.05, 0.1) is 22.6 Å². The number of aromatic nitrogens is 2. The molecule has 0 spiro atoms. The van der Waals surface area contributed by atoms with Crippen molar-refractivity contribution in [3.8, 4) is 0 Å². The van der Waals surface area contributed by atoms with Crippen LogP contribution in [-0.2, 0) is 12.1 Å². The second-order valence-electron chi connectivity index (χ2n) is 9.34. The largest absolute Gasteiger partial charge is 0.465 e. The number of hydrogen-bond donors (Lipinski definition) is 2. The molecule has 2 aromatic rings. The fourth-order valence-corrected chi connectivity index (χ4v) is 5.32. The van der Waals surface area contributed by atoms with Crippen LogP contribution in [0.3, 0.4) is 0 Å². The van der Waals surface area contributed by atoms with Gasteiger partial charge in [-0.25, -0.2) is 4.79 Å². The standard InChI is InChI=1S/C21H27ClN4O4/c1-20(2,3)26(19(28)29)13-6-8-24(9-7-13)11-21(30)12-25-16(27)5-4-15-18(25)17(21)14(22)10-23-15/h4-5,10,13,30H,6-9,11-12H2,1-3H3,(H,28,29)/t21-/m1/s1. The Morgan fingerprint density at radius 2 is 2.00 bits per heavy atom. The Morgan fingerprint density at radius 3 is 2.60 bits per heavy atom. The summed E-state index contributed by atoms with van der Waals surface area (Å²) < 4.78 is 1.54. The minimum atomic E-state index is -1.30. The Kier molecular flexibility index (Phi) is 5.07. The number of rotatable bonds is 3. The SMILES string of the molecule is CC(C)(C)N(C(=O)O)C1CCN(C[C@@]2(O)Cn3c(=O)ccc4ncc(Cl)c2c43)CC1. The van der Waals surface area contributed by atoms with Crippen LogP contribution in [-0.4, -0.2) is 66.9 Å². The number of likely N-dealkylation sites (tertiary alicyclic amines) is 1. The Morgan fingerprint density at radius 1 is 1.33 bits per heavy atom. The van der Waals surface area contributed by atoms with Gasteiger partial charge in [-0.2, -0.15) is 0 Å². The van der Waals surface area contributed by atoms with Gasteiger partial charge in [-0.05, 0) is 39.7 Å². The molecule has 0 radical (unpaired) electrons. The van der Waals surface area contributed by atoms with Crippen LogP contribution in [0.25, 0.3) is 11.0 Å². The number of nitrogens with zero attached hydrogens (tertiary/aromatic N) is 4. The molecule has 30 heavy (non-hydrogen) atoms. The highest BCUT2D eigenvalue weighted by Gasteiger charge is 2.43. The van der Waals surface area contributed by atoms with Crippen LogP contribution in [0.15, 0.2) is 23.1 Å². The van der Waals surface area contributed by atoms with Crippen molar-refractivity contribution in [3.05, 3.63) is 39.3 Å². The number of pyridine rings is 2. The van der Waals surface area contributed by atoms with Gasteiger partial charge in [0.15, 0.2) is 0 Å². The minimum Gasteiger partial charge on any atom is -0.465 e. The first-order valence-corrected chi connectivity index (χ1v) is 10.5. The maximum atomic E-state index is 12.4. The number of amides is 1. The number of β-amino-alcohol motifs (C(OH)–C–C–N with tert-alkyl or cyclic N) is 1. The Balaban J connectivity index is 1.55. The van der Waals surface area contributed by atoms with Crippen LogP contribution in [0.4, 0.5) is 4.79 Å². The molecule has 0 aromatic carbocycles. The van der Waals surface area contributed by atoms with Crippen molar-refractivity contribution >= 4 is 28.7 Å². The van der Waals surface area contributed by atoms with E-state index < -0.39 is 17.2 Å². The van der Waals surface area contributed by atoms with Crippen molar-refractivity contribution in [1.82, 2.24) is 19.4 Å². The molecule has 0 unspecified atom stereocenters. The molecule has 1 fully saturated rings. The summed E-state index contributed by atoms with van der Waals surface area (Å²) in [7, 11) is 0. The number of piperidine rings is 1. The van der Waals surface area contributed by atoms with Gasteiger partial charge in [0.1, 0.15) is 5.60 Å². The molecule has 2 aromatic heterocycles. The van der Waals surface area contributed by atoms with Crippen LogP contribution >= 0.6 is 11.6 Å². The van der Waals surface area contributed by atoms with Crippen LogP contribution in [0, 0.1) is 0 Å². The molecule has 162 valence electrons. The number of halogens is 1. The summed E-state index contributed by atoms with van der Waals surface area (Å²) in [5.74, 6) is 0. The smallest absolute Gasteiger partial charge is 0.407 e. The third-order valence-corrected chi connectivity index (χ3v) is 6.46. The van der Waals surface area contributed by atoms with Gasteiger partial charge < -0.3 is 19.7 Å². The van der Waals surface area contributed by atoms with Crippen molar-refractivity contribution in [2.45, 2.75) is 57.3 Å². The molecule has 1 amide bonds. The predicted octanol–water partition coefficient (Wildman–Crippen LogP) is 2.49. The van der Waals surface area contributed by atoms with E-state index in [-0.39, 0.29) is 18.1 Å². The van der Waals surface area contributed by atoms with Gasteiger partial charge in [0, 0.05) is 49.0 Å². The number of hydrogen-bond acceptors (Lipinski definition) is 5. The molecule has 1 saturated heterocycles. The fraction of sp³-hybridized carbons (Fsp3) is 0.571. The predicted molar refractivity (Wildman–Crippen MR) is 114 cm³/mol. The topological polar surface area (TPSA) is 98.9 Å². The molecule has 2 N–H and O–H groups in total. The molecule has 1 atom stereocenters. The van der Waals surface area contributed by atoms with E-state index in [9.17, 15) is 19.8 Å². The van der Waals surface area contributed by atoms with E-state index in [4.69, 9.17) is 11.6 Å². The van der Waals surface area contributed by atoms with Crippen molar-refractivity contribution in [1.29, 1.82) is 0 Å². The van der Waals surface area contributed by atoms with E-state index in [1.165, 1.54) is 17.2 Å². The molecule has 9 heteroatoms. The summed E-state index contributed by atoms with van der Waals surface area (Å²) in [4.78, 5) is 32.1. The zero-order valence-electron chi connectivity index (χ0n) is 17.4. The molecule has 0 aliphatic carbocycles. The molecule has 2 aliphatic rings. The first kappa shape index (κ1) is 21.1. The summed E-state index contributed by atoms with van der Waals surface area (Å²) in [6, 6.07) is 3.04. The summed E-state index contributed by atoms with van der Waals surface area (Å²) >= 11 is 6.41. The maximum absolute atomic E-state index is 12.4. The van der Waals surface area contributed by atoms with E-state index in [0.717, 1.165) is 0 Å². The van der Waals surface area contributed by atoms with Gasteiger partial charge in [0.2, 0.25) is 0 Å².